The van der Waals surface area contributed by atoms with Crippen LogP contribution in [0.25, 0.3) is 11.2 Å². The quantitative estimate of drug-likeness (QED) is 0.362. The third kappa shape index (κ3) is 4.01. The lowest BCUT2D eigenvalue weighted by Gasteiger charge is -2.25. The molecule has 1 fully saturated rings. The molecule has 5 rings (SSSR count). The first kappa shape index (κ1) is 19.3. The van der Waals surface area contributed by atoms with Gasteiger partial charge in [0.05, 0.1) is 11.9 Å². The van der Waals surface area contributed by atoms with Crippen molar-refractivity contribution in [3.8, 4) is 5.75 Å². The lowest BCUT2D eigenvalue weighted by Crippen LogP contribution is -2.16. The summed E-state index contributed by atoms with van der Waals surface area (Å²) in [5.74, 6) is 0.877. The molecule has 158 valence electrons. The SMILES string of the molecule is Oc1ccc(Nc2ncc3nc(Nc4ccccc4F)n(C4CCCCC4)c3n2)cc1. The second kappa shape index (κ2) is 8.22. The second-order valence-electron chi connectivity index (χ2n) is 7.78. The van der Waals surface area contributed by atoms with Gasteiger partial charge in [-0.3, -0.25) is 4.57 Å². The molecule has 0 bridgehead atoms. The van der Waals surface area contributed by atoms with E-state index in [9.17, 15) is 9.50 Å². The van der Waals surface area contributed by atoms with Crippen LogP contribution < -0.4 is 10.6 Å². The number of hydrogen-bond acceptors (Lipinski definition) is 6. The predicted molar refractivity (Wildman–Crippen MR) is 119 cm³/mol. The van der Waals surface area contributed by atoms with Gasteiger partial charge in [-0.1, -0.05) is 31.4 Å². The van der Waals surface area contributed by atoms with Crippen molar-refractivity contribution in [2.24, 2.45) is 0 Å². The van der Waals surface area contributed by atoms with Crippen LogP contribution in [0.2, 0.25) is 0 Å². The summed E-state index contributed by atoms with van der Waals surface area (Å²) >= 11 is 0. The zero-order valence-electron chi connectivity index (χ0n) is 16.9. The Hall–Kier alpha value is -3.68. The summed E-state index contributed by atoms with van der Waals surface area (Å²) in [6.45, 7) is 0. The Balaban J connectivity index is 1.55. The molecule has 0 atom stereocenters. The summed E-state index contributed by atoms with van der Waals surface area (Å²) in [6, 6.07) is 13.5. The molecule has 0 saturated heterocycles. The Morgan fingerprint density at radius 2 is 1.71 bits per heavy atom. The van der Waals surface area contributed by atoms with Crippen molar-refractivity contribution in [2.45, 2.75) is 38.1 Å². The van der Waals surface area contributed by atoms with Gasteiger partial charge in [-0.05, 0) is 49.2 Å². The van der Waals surface area contributed by atoms with Crippen molar-refractivity contribution < 1.29 is 9.50 Å². The van der Waals surface area contributed by atoms with E-state index in [-0.39, 0.29) is 17.6 Å². The Labute approximate surface area is 179 Å². The molecule has 0 unspecified atom stereocenters. The van der Waals surface area contributed by atoms with E-state index in [0.29, 0.717) is 28.7 Å². The summed E-state index contributed by atoms with van der Waals surface area (Å²) in [4.78, 5) is 13.8. The highest BCUT2D eigenvalue weighted by Gasteiger charge is 2.23. The van der Waals surface area contributed by atoms with Gasteiger partial charge in [-0.15, -0.1) is 0 Å². The number of anilines is 4. The molecule has 1 saturated carbocycles. The van der Waals surface area contributed by atoms with Crippen LogP contribution in [-0.4, -0.2) is 24.6 Å². The van der Waals surface area contributed by atoms with Crippen molar-refractivity contribution in [3.05, 3.63) is 60.5 Å². The Morgan fingerprint density at radius 1 is 0.935 bits per heavy atom. The number of benzene rings is 2. The summed E-state index contributed by atoms with van der Waals surface area (Å²) < 4.78 is 16.4. The molecular weight excluding hydrogens is 395 g/mol. The van der Waals surface area contributed by atoms with Crippen molar-refractivity contribution in [3.63, 3.8) is 0 Å². The average molecular weight is 418 g/mol. The first-order valence-corrected chi connectivity index (χ1v) is 10.5. The van der Waals surface area contributed by atoms with E-state index in [1.54, 1.807) is 48.7 Å². The van der Waals surface area contributed by atoms with Gasteiger partial charge in [0.25, 0.3) is 0 Å². The van der Waals surface area contributed by atoms with Crippen LogP contribution in [0, 0.1) is 5.82 Å². The largest absolute Gasteiger partial charge is 0.508 e. The number of nitrogens with one attached hydrogen (secondary N) is 2. The third-order valence-electron chi connectivity index (χ3n) is 5.62. The van der Waals surface area contributed by atoms with Crippen LogP contribution in [-0.2, 0) is 0 Å². The third-order valence-corrected chi connectivity index (χ3v) is 5.62. The molecule has 2 aromatic heterocycles. The summed E-state index contributed by atoms with van der Waals surface area (Å²) in [5, 5.41) is 15.8. The number of imidazole rings is 1. The minimum Gasteiger partial charge on any atom is -0.508 e. The molecule has 1 aliphatic carbocycles. The van der Waals surface area contributed by atoms with Gasteiger partial charge in [0, 0.05) is 11.7 Å². The highest BCUT2D eigenvalue weighted by atomic mass is 19.1. The minimum atomic E-state index is -0.328. The maximum Gasteiger partial charge on any atom is 0.229 e. The zero-order valence-corrected chi connectivity index (χ0v) is 16.9. The second-order valence-corrected chi connectivity index (χ2v) is 7.78. The Bertz CT molecular complexity index is 1200. The number of nitrogens with zero attached hydrogens (tertiary/aromatic N) is 4. The summed E-state index contributed by atoms with van der Waals surface area (Å²) in [5.41, 5.74) is 2.51. The van der Waals surface area contributed by atoms with E-state index in [4.69, 9.17) is 4.98 Å². The Morgan fingerprint density at radius 3 is 2.48 bits per heavy atom. The van der Waals surface area contributed by atoms with Crippen LogP contribution >= 0.6 is 0 Å². The van der Waals surface area contributed by atoms with Gasteiger partial charge in [0.1, 0.15) is 17.1 Å². The van der Waals surface area contributed by atoms with Gasteiger partial charge in [0.2, 0.25) is 11.9 Å². The van der Waals surface area contributed by atoms with E-state index < -0.39 is 0 Å². The fourth-order valence-corrected chi connectivity index (χ4v) is 4.08. The lowest BCUT2D eigenvalue weighted by atomic mass is 9.95. The maximum atomic E-state index is 14.3. The first-order valence-electron chi connectivity index (χ1n) is 10.5. The van der Waals surface area contributed by atoms with Crippen LogP contribution in [0.1, 0.15) is 38.1 Å². The van der Waals surface area contributed by atoms with E-state index in [0.717, 1.165) is 31.4 Å². The molecule has 2 heterocycles. The Kier molecular flexibility index (Phi) is 5.11. The fourth-order valence-electron chi connectivity index (χ4n) is 4.08. The van der Waals surface area contributed by atoms with Crippen LogP contribution in [0.3, 0.4) is 0 Å². The van der Waals surface area contributed by atoms with Crippen LogP contribution in [0.4, 0.5) is 27.7 Å². The molecule has 3 N–H and O–H groups in total. The molecule has 0 amide bonds. The first-order chi connectivity index (χ1) is 15.2. The standard InChI is InChI=1S/C23H23FN6O/c24-18-8-4-5-9-19(18)27-23-28-20-14-25-22(26-15-10-12-17(31)13-11-15)29-21(20)30(23)16-6-2-1-3-7-16/h4-5,8-14,16,31H,1-3,6-7H2,(H,27,28)(H,25,26,29). The number of fused-ring (bicyclic) bond motifs is 1. The van der Waals surface area contributed by atoms with Gasteiger partial charge >= 0.3 is 0 Å². The van der Waals surface area contributed by atoms with Crippen molar-refractivity contribution in [1.82, 2.24) is 19.5 Å². The summed E-state index contributed by atoms with van der Waals surface area (Å²) in [7, 11) is 0. The number of hydrogen-bond donors (Lipinski definition) is 3. The predicted octanol–water partition coefficient (Wildman–Crippen LogP) is 5.66. The number of aromatic nitrogens is 4. The number of phenolic OH excluding ortho intramolecular Hbond substituents is 1. The van der Waals surface area contributed by atoms with Crippen molar-refractivity contribution in [2.75, 3.05) is 10.6 Å². The van der Waals surface area contributed by atoms with Gasteiger partial charge in [-0.2, -0.15) is 4.98 Å². The number of phenols is 1. The molecule has 31 heavy (non-hydrogen) atoms. The number of rotatable bonds is 5. The van der Waals surface area contributed by atoms with Gasteiger partial charge < -0.3 is 15.7 Å². The molecule has 0 radical (unpaired) electrons. The van der Waals surface area contributed by atoms with E-state index in [1.165, 1.54) is 12.5 Å². The maximum absolute atomic E-state index is 14.3. The molecule has 8 heteroatoms. The van der Waals surface area contributed by atoms with E-state index in [2.05, 4.69) is 25.2 Å². The van der Waals surface area contributed by atoms with E-state index in [1.807, 2.05) is 0 Å². The van der Waals surface area contributed by atoms with Gasteiger partial charge in [-0.25, -0.2) is 14.4 Å². The smallest absolute Gasteiger partial charge is 0.229 e. The normalized spacial score (nSPS) is 14.6. The lowest BCUT2D eigenvalue weighted by molar-refractivity contribution is 0.361. The van der Waals surface area contributed by atoms with Gasteiger partial charge in [0.15, 0.2) is 5.65 Å². The van der Waals surface area contributed by atoms with Crippen molar-refractivity contribution >= 4 is 34.4 Å². The zero-order chi connectivity index (χ0) is 21.2. The van der Waals surface area contributed by atoms with Crippen LogP contribution in [0.15, 0.2) is 54.7 Å². The average Bonchev–Trinajstić information content (AvgIpc) is 3.15. The molecule has 2 aromatic carbocycles. The number of aromatic hydroxyl groups is 1. The summed E-state index contributed by atoms with van der Waals surface area (Å²) in [6.07, 6.45) is 7.25. The fraction of sp³-hybridized carbons (Fsp3) is 0.261. The highest BCUT2D eigenvalue weighted by Crippen LogP contribution is 2.35. The molecular formula is C23H23FN6O. The molecule has 7 nitrogen and oxygen atoms in total. The molecule has 1 aliphatic rings. The highest BCUT2D eigenvalue weighted by molar-refractivity contribution is 5.77. The van der Waals surface area contributed by atoms with Crippen molar-refractivity contribution in [1.29, 1.82) is 0 Å². The number of para-hydroxylation sites is 1. The van der Waals surface area contributed by atoms with Crippen LogP contribution in [0.5, 0.6) is 5.75 Å². The molecule has 0 spiro atoms. The minimum absolute atomic E-state index is 0.196. The monoisotopic (exact) mass is 418 g/mol. The van der Waals surface area contributed by atoms with E-state index >= 15 is 0 Å². The number of halogens is 1. The topological polar surface area (TPSA) is 87.9 Å². The molecule has 0 aliphatic heterocycles. The molecule has 4 aromatic rings.